The second kappa shape index (κ2) is 6.95. The minimum atomic E-state index is -0.0758. The first kappa shape index (κ1) is 14.4. The fraction of sp³-hybridized carbons (Fsp3) is 0.500. The Balaban J connectivity index is 1.78. The standard InChI is InChI=1S/C16H20N2O2/c1-12-4-2-3-5-15(12)18-16(19)11-20-14-8-6-13(10-17)7-9-14/h6-9,12,15H,2-5,11H2,1H3,(H,18,19)/t12-,15-/m1/s1. The van der Waals surface area contributed by atoms with E-state index in [1.165, 1.54) is 19.3 Å². The van der Waals surface area contributed by atoms with Crippen LogP contribution in [-0.2, 0) is 4.79 Å². The molecule has 0 radical (unpaired) electrons. The molecule has 1 saturated carbocycles. The molecule has 0 unspecified atom stereocenters. The molecule has 1 amide bonds. The Morgan fingerprint density at radius 1 is 1.35 bits per heavy atom. The molecule has 1 aliphatic rings. The number of nitrogens with one attached hydrogen (secondary N) is 1. The molecule has 2 atom stereocenters. The Hall–Kier alpha value is -2.02. The predicted octanol–water partition coefficient (Wildman–Crippen LogP) is 2.63. The number of hydrogen-bond donors (Lipinski definition) is 1. The Labute approximate surface area is 119 Å². The van der Waals surface area contributed by atoms with E-state index in [0.29, 0.717) is 17.2 Å². The van der Waals surface area contributed by atoms with Crippen LogP contribution < -0.4 is 10.1 Å². The summed E-state index contributed by atoms with van der Waals surface area (Å²) in [5.74, 6) is 1.08. The summed E-state index contributed by atoms with van der Waals surface area (Å²) in [4.78, 5) is 11.9. The van der Waals surface area contributed by atoms with Gasteiger partial charge in [0.25, 0.3) is 5.91 Å². The third kappa shape index (κ3) is 3.99. The average molecular weight is 272 g/mol. The highest BCUT2D eigenvalue weighted by atomic mass is 16.5. The highest BCUT2D eigenvalue weighted by molar-refractivity contribution is 5.77. The first-order valence-electron chi connectivity index (χ1n) is 7.11. The molecule has 4 heteroatoms. The molecule has 0 spiro atoms. The number of carbonyl (C=O) groups excluding carboxylic acids is 1. The van der Waals surface area contributed by atoms with E-state index in [1.807, 2.05) is 6.07 Å². The molecule has 2 rings (SSSR count). The first-order chi connectivity index (χ1) is 9.69. The van der Waals surface area contributed by atoms with Gasteiger partial charge in [0.1, 0.15) is 5.75 Å². The lowest BCUT2D eigenvalue weighted by molar-refractivity contribution is -0.124. The van der Waals surface area contributed by atoms with Crippen LogP contribution in [0.25, 0.3) is 0 Å². The van der Waals surface area contributed by atoms with E-state index in [9.17, 15) is 4.79 Å². The molecule has 0 bridgehead atoms. The van der Waals surface area contributed by atoms with Gasteiger partial charge in [0.05, 0.1) is 11.6 Å². The normalized spacial score (nSPS) is 21.8. The van der Waals surface area contributed by atoms with Gasteiger partial charge in [-0.15, -0.1) is 0 Å². The summed E-state index contributed by atoms with van der Waals surface area (Å²) in [6, 6.07) is 9.08. The highest BCUT2D eigenvalue weighted by Gasteiger charge is 2.22. The van der Waals surface area contributed by atoms with Crippen LogP contribution in [0.5, 0.6) is 5.75 Å². The van der Waals surface area contributed by atoms with Gasteiger partial charge in [0, 0.05) is 6.04 Å². The molecule has 0 saturated heterocycles. The molecule has 106 valence electrons. The number of ether oxygens (including phenoxy) is 1. The predicted molar refractivity (Wildman–Crippen MR) is 76.2 cm³/mol. The zero-order valence-corrected chi connectivity index (χ0v) is 11.8. The number of hydrogen-bond acceptors (Lipinski definition) is 3. The van der Waals surface area contributed by atoms with Crippen molar-refractivity contribution in [2.75, 3.05) is 6.61 Å². The van der Waals surface area contributed by atoms with Crippen LogP contribution in [0.1, 0.15) is 38.2 Å². The number of carbonyl (C=O) groups is 1. The van der Waals surface area contributed by atoms with Crippen molar-refractivity contribution in [3.8, 4) is 11.8 Å². The van der Waals surface area contributed by atoms with Gasteiger partial charge in [-0.1, -0.05) is 19.8 Å². The molecule has 1 fully saturated rings. The van der Waals surface area contributed by atoms with Gasteiger partial charge in [0.15, 0.2) is 6.61 Å². The minimum absolute atomic E-state index is 0.0229. The summed E-state index contributed by atoms with van der Waals surface area (Å²) in [6.45, 7) is 2.21. The number of amides is 1. The van der Waals surface area contributed by atoms with E-state index in [4.69, 9.17) is 10.00 Å². The summed E-state index contributed by atoms with van der Waals surface area (Å²) < 4.78 is 5.42. The first-order valence-corrected chi connectivity index (χ1v) is 7.11. The van der Waals surface area contributed by atoms with Crippen LogP contribution >= 0.6 is 0 Å². The molecule has 1 aliphatic carbocycles. The van der Waals surface area contributed by atoms with E-state index in [1.54, 1.807) is 24.3 Å². The van der Waals surface area contributed by atoms with Crippen molar-refractivity contribution in [2.24, 2.45) is 5.92 Å². The third-order valence-electron chi connectivity index (χ3n) is 3.81. The highest BCUT2D eigenvalue weighted by Crippen LogP contribution is 2.23. The molecule has 0 aliphatic heterocycles. The second-order valence-corrected chi connectivity index (χ2v) is 5.36. The van der Waals surface area contributed by atoms with Crippen LogP contribution in [0.15, 0.2) is 24.3 Å². The van der Waals surface area contributed by atoms with Crippen molar-refractivity contribution in [1.29, 1.82) is 5.26 Å². The maximum Gasteiger partial charge on any atom is 0.258 e. The monoisotopic (exact) mass is 272 g/mol. The van der Waals surface area contributed by atoms with Gasteiger partial charge >= 0.3 is 0 Å². The minimum Gasteiger partial charge on any atom is -0.484 e. The van der Waals surface area contributed by atoms with Crippen molar-refractivity contribution in [2.45, 2.75) is 38.6 Å². The smallest absolute Gasteiger partial charge is 0.258 e. The number of nitrogens with zero attached hydrogens (tertiary/aromatic N) is 1. The molecule has 4 nitrogen and oxygen atoms in total. The molecule has 1 N–H and O–H groups in total. The van der Waals surface area contributed by atoms with Crippen molar-refractivity contribution < 1.29 is 9.53 Å². The van der Waals surface area contributed by atoms with Crippen LogP contribution in [0.2, 0.25) is 0 Å². The fourth-order valence-corrected chi connectivity index (χ4v) is 2.55. The third-order valence-corrected chi connectivity index (χ3v) is 3.81. The molecule has 0 heterocycles. The van der Waals surface area contributed by atoms with E-state index in [0.717, 1.165) is 6.42 Å². The van der Waals surface area contributed by atoms with E-state index in [2.05, 4.69) is 12.2 Å². The SMILES string of the molecule is C[C@@H]1CCCC[C@H]1NC(=O)COc1ccc(C#N)cc1. The van der Waals surface area contributed by atoms with Crippen molar-refractivity contribution in [1.82, 2.24) is 5.32 Å². The summed E-state index contributed by atoms with van der Waals surface area (Å²) in [5, 5.41) is 11.7. The molecule has 20 heavy (non-hydrogen) atoms. The van der Waals surface area contributed by atoms with Crippen molar-refractivity contribution in [3.63, 3.8) is 0 Å². The maximum atomic E-state index is 11.9. The lowest BCUT2D eigenvalue weighted by Crippen LogP contribution is -2.43. The van der Waals surface area contributed by atoms with Crippen LogP contribution in [0.4, 0.5) is 0 Å². The lowest BCUT2D eigenvalue weighted by atomic mass is 9.86. The molecule has 1 aromatic carbocycles. The van der Waals surface area contributed by atoms with Gasteiger partial charge in [-0.25, -0.2) is 0 Å². The summed E-state index contributed by atoms with van der Waals surface area (Å²) in [5.41, 5.74) is 0.581. The van der Waals surface area contributed by atoms with Crippen molar-refractivity contribution in [3.05, 3.63) is 29.8 Å². The maximum absolute atomic E-state index is 11.9. The van der Waals surface area contributed by atoms with E-state index < -0.39 is 0 Å². The summed E-state index contributed by atoms with van der Waals surface area (Å²) in [6.07, 6.45) is 4.69. The summed E-state index contributed by atoms with van der Waals surface area (Å²) >= 11 is 0. The fourth-order valence-electron chi connectivity index (χ4n) is 2.55. The summed E-state index contributed by atoms with van der Waals surface area (Å²) in [7, 11) is 0. The topological polar surface area (TPSA) is 62.1 Å². The number of rotatable bonds is 4. The van der Waals surface area contributed by atoms with Crippen LogP contribution in [0.3, 0.4) is 0 Å². The quantitative estimate of drug-likeness (QED) is 0.916. The molecular formula is C16H20N2O2. The second-order valence-electron chi connectivity index (χ2n) is 5.36. The van der Waals surface area contributed by atoms with E-state index >= 15 is 0 Å². The Morgan fingerprint density at radius 3 is 2.70 bits per heavy atom. The zero-order valence-electron chi connectivity index (χ0n) is 11.8. The van der Waals surface area contributed by atoms with Gasteiger partial charge in [0.2, 0.25) is 0 Å². The molecule has 1 aromatic rings. The lowest BCUT2D eigenvalue weighted by Gasteiger charge is -2.29. The Morgan fingerprint density at radius 2 is 2.05 bits per heavy atom. The van der Waals surface area contributed by atoms with E-state index in [-0.39, 0.29) is 18.6 Å². The average Bonchev–Trinajstić information content (AvgIpc) is 2.48. The van der Waals surface area contributed by atoms with Crippen LogP contribution in [0, 0.1) is 17.2 Å². The number of nitriles is 1. The Bertz CT molecular complexity index is 490. The molecular weight excluding hydrogens is 252 g/mol. The Kier molecular flexibility index (Phi) is 5.00. The van der Waals surface area contributed by atoms with Gasteiger partial charge < -0.3 is 10.1 Å². The van der Waals surface area contributed by atoms with Crippen LogP contribution in [-0.4, -0.2) is 18.6 Å². The molecule has 0 aromatic heterocycles. The van der Waals surface area contributed by atoms with Gasteiger partial charge in [-0.3, -0.25) is 4.79 Å². The zero-order chi connectivity index (χ0) is 14.4. The van der Waals surface area contributed by atoms with Gasteiger partial charge in [-0.2, -0.15) is 5.26 Å². The number of benzene rings is 1. The largest absolute Gasteiger partial charge is 0.484 e. The van der Waals surface area contributed by atoms with Gasteiger partial charge in [-0.05, 0) is 43.0 Å². The van der Waals surface area contributed by atoms with Crippen molar-refractivity contribution >= 4 is 5.91 Å².